The first-order chi connectivity index (χ1) is 8.08. The molecule has 1 amide bonds. The second-order valence-electron chi connectivity index (χ2n) is 4.61. The molecule has 0 aromatic carbocycles. The van der Waals surface area contributed by atoms with E-state index in [9.17, 15) is 4.79 Å². The number of rotatable bonds is 2. The van der Waals surface area contributed by atoms with Crippen LogP contribution >= 0.6 is 27.3 Å². The Balaban J connectivity index is 2.02. The van der Waals surface area contributed by atoms with E-state index in [0.717, 1.165) is 21.6 Å². The molecule has 3 atom stereocenters. The summed E-state index contributed by atoms with van der Waals surface area (Å²) < 4.78 is 0.991. The lowest BCUT2D eigenvalue weighted by Gasteiger charge is -2.35. The SMILES string of the molecule is CC1CCNC(C)C1NC(=O)c1ccc(Br)s1. The Bertz CT molecular complexity index is 397. The van der Waals surface area contributed by atoms with Crippen molar-refractivity contribution in [2.45, 2.75) is 32.4 Å². The smallest absolute Gasteiger partial charge is 0.261 e. The molecule has 0 bridgehead atoms. The highest BCUT2D eigenvalue weighted by Crippen LogP contribution is 2.23. The predicted molar refractivity (Wildman–Crippen MR) is 74.5 cm³/mol. The Hall–Kier alpha value is -0.390. The number of piperidine rings is 1. The minimum atomic E-state index is 0.0353. The van der Waals surface area contributed by atoms with Crippen LogP contribution in [0, 0.1) is 5.92 Å². The first kappa shape index (κ1) is 13.1. The average molecular weight is 317 g/mol. The van der Waals surface area contributed by atoms with Gasteiger partial charge in [0.25, 0.3) is 5.91 Å². The molecule has 3 nitrogen and oxygen atoms in total. The number of hydrogen-bond acceptors (Lipinski definition) is 3. The summed E-state index contributed by atoms with van der Waals surface area (Å²) in [5, 5.41) is 6.54. The highest BCUT2D eigenvalue weighted by atomic mass is 79.9. The molecule has 0 aliphatic carbocycles. The first-order valence-corrected chi connectivity index (χ1v) is 7.48. The molecule has 0 radical (unpaired) electrons. The van der Waals surface area contributed by atoms with Gasteiger partial charge in [0, 0.05) is 12.1 Å². The van der Waals surface area contributed by atoms with Gasteiger partial charge >= 0.3 is 0 Å². The van der Waals surface area contributed by atoms with E-state index in [4.69, 9.17) is 0 Å². The summed E-state index contributed by atoms with van der Waals surface area (Å²) in [6, 6.07) is 4.32. The molecule has 5 heteroatoms. The molecule has 94 valence electrons. The molecule has 0 spiro atoms. The van der Waals surface area contributed by atoms with Crippen molar-refractivity contribution in [3.05, 3.63) is 20.8 Å². The molecule has 2 N–H and O–H groups in total. The van der Waals surface area contributed by atoms with Crippen LogP contribution in [0.2, 0.25) is 0 Å². The van der Waals surface area contributed by atoms with Crippen molar-refractivity contribution in [2.24, 2.45) is 5.92 Å². The standard InChI is InChI=1S/C12H17BrN2OS/c1-7-5-6-14-8(2)11(7)15-12(16)9-3-4-10(13)17-9/h3-4,7-8,11,14H,5-6H2,1-2H3,(H,15,16). The van der Waals surface area contributed by atoms with Crippen LogP contribution in [-0.4, -0.2) is 24.5 Å². The van der Waals surface area contributed by atoms with Crippen LogP contribution in [0.4, 0.5) is 0 Å². The number of amides is 1. The van der Waals surface area contributed by atoms with E-state index in [1.165, 1.54) is 11.3 Å². The summed E-state index contributed by atoms with van der Waals surface area (Å²) in [6.45, 7) is 5.37. The molecule has 1 fully saturated rings. The molecule has 1 aromatic heterocycles. The third-order valence-corrected chi connectivity index (χ3v) is 4.93. The lowest BCUT2D eigenvalue weighted by Crippen LogP contribution is -2.55. The third-order valence-electron chi connectivity index (χ3n) is 3.31. The number of carbonyl (C=O) groups excluding carboxylic acids is 1. The number of nitrogens with one attached hydrogen (secondary N) is 2. The van der Waals surface area contributed by atoms with Gasteiger partial charge in [-0.05, 0) is 53.9 Å². The molecule has 17 heavy (non-hydrogen) atoms. The number of thiophene rings is 1. The third kappa shape index (κ3) is 3.09. The molecular weight excluding hydrogens is 300 g/mol. The van der Waals surface area contributed by atoms with Gasteiger partial charge in [0.05, 0.1) is 8.66 Å². The fourth-order valence-electron chi connectivity index (χ4n) is 2.26. The van der Waals surface area contributed by atoms with E-state index >= 15 is 0 Å². The molecule has 1 aliphatic heterocycles. The molecule has 0 saturated carbocycles. The van der Waals surface area contributed by atoms with Crippen LogP contribution in [0.15, 0.2) is 15.9 Å². The maximum Gasteiger partial charge on any atom is 0.261 e. The minimum Gasteiger partial charge on any atom is -0.347 e. The lowest BCUT2D eigenvalue weighted by molar-refractivity contribution is 0.0902. The van der Waals surface area contributed by atoms with Gasteiger partial charge in [-0.2, -0.15) is 0 Å². The fourth-order valence-corrected chi connectivity index (χ4v) is 3.55. The molecule has 3 unspecified atom stereocenters. The van der Waals surface area contributed by atoms with Crippen molar-refractivity contribution in [1.82, 2.24) is 10.6 Å². The number of halogens is 1. The van der Waals surface area contributed by atoms with Crippen molar-refractivity contribution >= 4 is 33.2 Å². The topological polar surface area (TPSA) is 41.1 Å². The lowest BCUT2D eigenvalue weighted by atomic mass is 9.89. The summed E-state index contributed by atoms with van der Waals surface area (Å²) >= 11 is 4.85. The Labute approximate surface area is 114 Å². The van der Waals surface area contributed by atoms with E-state index in [0.29, 0.717) is 12.0 Å². The summed E-state index contributed by atoms with van der Waals surface area (Å²) in [5.74, 6) is 0.562. The largest absolute Gasteiger partial charge is 0.347 e. The second-order valence-corrected chi connectivity index (χ2v) is 7.07. The minimum absolute atomic E-state index is 0.0353. The Morgan fingerprint density at radius 3 is 2.88 bits per heavy atom. The van der Waals surface area contributed by atoms with Crippen molar-refractivity contribution < 1.29 is 4.79 Å². The number of hydrogen-bond donors (Lipinski definition) is 2. The second kappa shape index (κ2) is 5.50. The summed E-state index contributed by atoms with van der Waals surface area (Å²) in [5.41, 5.74) is 0. The highest BCUT2D eigenvalue weighted by molar-refractivity contribution is 9.11. The van der Waals surface area contributed by atoms with Crippen LogP contribution in [-0.2, 0) is 0 Å². The summed E-state index contributed by atoms with van der Waals surface area (Å²) in [6.07, 6.45) is 1.11. The van der Waals surface area contributed by atoms with E-state index in [2.05, 4.69) is 40.4 Å². The van der Waals surface area contributed by atoms with Crippen LogP contribution in [0.3, 0.4) is 0 Å². The van der Waals surface area contributed by atoms with Gasteiger partial charge in [-0.25, -0.2) is 0 Å². The van der Waals surface area contributed by atoms with Crippen molar-refractivity contribution in [3.63, 3.8) is 0 Å². The van der Waals surface area contributed by atoms with Gasteiger partial charge in [-0.15, -0.1) is 11.3 Å². The van der Waals surface area contributed by atoms with Crippen LogP contribution in [0.5, 0.6) is 0 Å². The molecule has 1 aromatic rings. The quantitative estimate of drug-likeness (QED) is 0.880. The molecule has 2 rings (SSSR count). The van der Waals surface area contributed by atoms with Crippen molar-refractivity contribution in [1.29, 1.82) is 0 Å². The monoisotopic (exact) mass is 316 g/mol. The predicted octanol–water partition coefficient (Wildman–Crippen LogP) is 2.63. The maximum absolute atomic E-state index is 12.1. The van der Waals surface area contributed by atoms with Crippen molar-refractivity contribution in [2.75, 3.05) is 6.54 Å². The maximum atomic E-state index is 12.1. The molecule has 1 saturated heterocycles. The summed E-state index contributed by atoms with van der Waals surface area (Å²) in [7, 11) is 0. The van der Waals surface area contributed by atoms with Gasteiger partial charge in [-0.3, -0.25) is 4.79 Å². The van der Waals surface area contributed by atoms with Crippen LogP contribution < -0.4 is 10.6 Å². The zero-order chi connectivity index (χ0) is 12.4. The van der Waals surface area contributed by atoms with Crippen LogP contribution in [0.25, 0.3) is 0 Å². The average Bonchev–Trinajstić information content (AvgIpc) is 2.70. The number of carbonyl (C=O) groups is 1. The highest BCUT2D eigenvalue weighted by Gasteiger charge is 2.29. The van der Waals surface area contributed by atoms with E-state index in [1.54, 1.807) is 0 Å². The van der Waals surface area contributed by atoms with Gasteiger partial charge in [-0.1, -0.05) is 6.92 Å². The Kier molecular flexibility index (Phi) is 4.22. The van der Waals surface area contributed by atoms with Gasteiger partial charge < -0.3 is 10.6 Å². The van der Waals surface area contributed by atoms with Gasteiger partial charge in [0.15, 0.2) is 0 Å². The normalized spacial score (nSPS) is 29.0. The van der Waals surface area contributed by atoms with Gasteiger partial charge in [0.2, 0.25) is 0 Å². The van der Waals surface area contributed by atoms with E-state index < -0.39 is 0 Å². The Morgan fingerprint density at radius 1 is 1.53 bits per heavy atom. The molecule has 1 aliphatic rings. The summed E-state index contributed by atoms with van der Waals surface area (Å²) in [4.78, 5) is 12.8. The zero-order valence-electron chi connectivity index (χ0n) is 10.00. The van der Waals surface area contributed by atoms with E-state index in [1.807, 2.05) is 12.1 Å². The Morgan fingerprint density at radius 2 is 2.29 bits per heavy atom. The zero-order valence-corrected chi connectivity index (χ0v) is 12.4. The first-order valence-electron chi connectivity index (χ1n) is 5.87. The van der Waals surface area contributed by atoms with E-state index in [-0.39, 0.29) is 11.9 Å². The molecular formula is C12H17BrN2OS. The fraction of sp³-hybridized carbons (Fsp3) is 0.583. The molecule has 2 heterocycles. The van der Waals surface area contributed by atoms with Gasteiger partial charge in [0.1, 0.15) is 0 Å². The van der Waals surface area contributed by atoms with Crippen LogP contribution in [0.1, 0.15) is 29.9 Å². The van der Waals surface area contributed by atoms with Crippen molar-refractivity contribution in [3.8, 4) is 0 Å².